The van der Waals surface area contributed by atoms with Gasteiger partial charge in [-0.2, -0.15) is 0 Å². The lowest BCUT2D eigenvalue weighted by Crippen LogP contribution is -2.02. The van der Waals surface area contributed by atoms with E-state index in [2.05, 4.69) is 9.97 Å². The number of aliphatic hydroxyl groups excluding tert-OH is 1. The lowest BCUT2D eigenvalue weighted by atomic mass is 10.1. The molecule has 0 radical (unpaired) electrons. The topological polar surface area (TPSA) is 59.2 Å². The Labute approximate surface area is 87.6 Å². The van der Waals surface area contributed by atoms with E-state index < -0.39 is 6.10 Å². The van der Waals surface area contributed by atoms with E-state index in [1.165, 1.54) is 0 Å². The molecule has 0 aromatic carbocycles. The van der Waals surface area contributed by atoms with Crippen molar-refractivity contribution in [3.8, 4) is 0 Å². The third-order valence-electron chi connectivity index (χ3n) is 2.24. The number of rotatable bonds is 2. The van der Waals surface area contributed by atoms with E-state index in [-0.39, 0.29) is 0 Å². The van der Waals surface area contributed by atoms with Crippen molar-refractivity contribution in [3.63, 3.8) is 0 Å². The van der Waals surface area contributed by atoms with Gasteiger partial charge in [-0.05, 0) is 19.9 Å². The molecule has 1 N–H and O–H groups in total. The lowest BCUT2D eigenvalue weighted by molar-refractivity contribution is 0.212. The summed E-state index contributed by atoms with van der Waals surface area (Å²) in [5.74, 6) is 1.50. The first-order valence-electron chi connectivity index (χ1n) is 4.69. The lowest BCUT2D eigenvalue weighted by Gasteiger charge is -2.07. The van der Waals surface area contributed by atoms with Gasteiger partial charge in [0.2, 0.25) is 0 Å². The highest BCUT2D eigenvalue weighted by Gasteiger charge is 2.17. The molecule has 15 heavy (non-hydrogen) atoms. The highest BCUT2D eigenvalue weighted by atomic mass is 16.3. The van der Waals surface area contributed by atoms with Crippen molar-refractivity contribution in [1.82, 2.24) is 9.97 Å². The Morgan fingerprint density at radius 3 is 2.67 bits per heavy atom. The molecule has 0 saturated carbocycles. The summed E-state index contributed by atoms with van der Waals surface area (Å²) in [7, 11) is 0. The van der Waals surface area contributed by atoms with Gasteiger partial charge in [0.1, 0.15) is 17.6 Å². The van der Waals surface area contributed by atoms with E-state index in [0.717, 1.165) is 11.3 Å². The second-order valence-electron chi connectivity index (χ2n) is 3.40. The summed E-state index contributed by atoms with van der Waals surface area (Å²) in [5.41, 5.74) is 1.27. The van der Waals surface area contributed by atoms with Crippen LogP contribution in [0, 0.1) is 13.8 Å². The highest BCUT2D eigenvalue weighted by molar-refractivity contribution is 5.28. The molecule has 0 aliphatic heterocycles. The summed E-state index contributed by atoms with van der Waals surface area (Å²) in [4.78, 5) is 7.97. The molecule has 0 saturated heterocycles. The predicted molar refractivity (Wildman–Crippen MR) is 54.3 cm³/mol. The molecule has 2 rings (SSSR count). The number of nitrogens with zero attached hydrogens (tertiary/aromatic N) is 2. The van der Waals surface area contributed by atoms with Crippen LogP contribution < -0.4 is 0 Å². The normalized spacial score (nSPS) is 12.7. The molecule has 2 aromatic heterocycles. The van der Waals surface area contributed by atoms with Gasteiger partial charge in [0.15, 0.2) is 0 Å². The van der Waals surface area contributed by atoms with E-state index in [4.69, 9.17) is 4.42 Å². The van der Waals surface area contributed by atoms with Gasteiger partial charge in [-0.3, -0.25) is 9.97 Å². The SMILES string of the molecule is Cc1cc(C(O)c2cnccn2)c(C)o1. The van der Waals surface area contributed by atoms with Crippen molar-refractivity contribution in [1.29, 1.82) is 0 Å². The van der Waals surface area contributed by atoms with Crippen LogP contribution >= 0.6 is 0 Å². The van der Waals surface area contributed by atoms with Crippen LogP contribution in [0.3, 0.4) is 0 Å². The molecule has 0 amide bonds. The van der Waals surface area contributed by atoms with Gasteiger partial charge in [-0.15, -0.1) is 0 Å². The largest absolute Gasteiger partial charge is 0.466 e. The molecule has 0 bridgehead atoms. The van der Waals surface area contributed by atoms with E-state index in [0.29, 0.717) is 11.5 Å². The van der Waals surface area contributed by atoms with Crippen LogP contribution in [0.2, 0.25) is 0 Å². The maximum atomic E-state index is 10.0. The molecule has 0 aliphatic carbocycles. The Kier molecular flexibility index (Phi) is 2.51. The van der Waals surface area contributed by atoms with Crippen LogP contribution in [0.1, 0.15) is 28.9 Å². The summed E-state index contributed by atoms with van der Waals surface area (Å²) in [5, 5.41) is 10.0. The summed E-state index contributed by atoms with van der Waals surface area (Å²) < 4.78 is 5.35. The van der Waals surface area contributed by atoms with E-state index in [1.807, 2.05) is 19.9 Å². The average Bonchev–Trinajstić information content (AvgIpc) is 2.58. The van der Waals surface area contributed by atoms with Crippen molar-refractivity contribution in [2.45, 2.75) is 20.0 Å². The minimum absolute atomic E-state index is 0.529. The first kappa shape index (κ1) is 9.86. The van der Waals surface area contributed by atoms with Crippen LogP contribution in [-0.2, 0) is 0 Å². The number of aromatic nitrogens is 2. The van der Waals surface area contributed by atoms with Crippen molar-refractivity contribution in [2.75, 3.05) is 0 Å². The van der Waals surface area contributed by atoms with Crippen LogP contribution in [0.4, 0.5) is 0 Å². The van der Waals surface area contributed by atoms with Gasteiger partial charge >= 0.3 is 0 Å². The Morgan fingerprint density at radius 2 is 2.13 bits per heavy atom. The average molecular weight is 204 g/mol. The van der Waals surface area contributed by atoms with E-state index >= 15 is 0 Å². The number of aliphatic hydroxyl groups is 1. The highest BCUT2D eigenvalue weighted by Crippen LogP contribution is 2.25. The maximum Gasteiger partial charge on any atom is 0.126 e. The molecule has 4 heteroatoms. The van der Waals surface area contributed by atoms with E-state index in [9.17, 15) is 5.11 Å². The fourth-order valence-electron chi connectivity index (χ4n) is 1.53. The van der Waals surface area contributed by atoms with Gasteiger partial charge in [0.25, 0.3) is 0 Å². The molecule has 78 valence electrons. The van der Waals surface area contributed by atoms with Crippen molar-refractivity contribution in [3.05, 3.63) is 47.4 Å². The Balaban J connectivity index is 2.36. The van der Waals surface area contributed by atoms with Crippen molar-refractivity contribution >= 4 is 0 Å². The van der Waals surface area contributed by atoms with Gasteiger partial charge in [-0.25, -0.2) is 0 Å². The number of aryl methyl sites for hydroxylation is 2. The van der Waals surface area contributed by atoms with Crippen LogP contribution in [0.15, 0.2) is 29.1 Å². The molecule has 4 nitrogen and oxygen atoms in total. The molecular formula is C11H12N2O2. The second kappa shape index (κ2) is 3.82. The fourth-order valence-corrected chi connectivity index (χ4v) is 1.53. The molecule has 0 fully saturated rings. The quantitative estimate of drug-likeness (QED) is 0.809. The van der Waals surface area contributed by atoms with Crippen molar-refractivity contribution in [2.24, 2.45) is 0 Å². The van der Waals surface area contributed by atoms with Gasteiger partial charge in [0, 0.05) is 18.0 Å². The Bertz CT molecular complexity index is 451. The third kappa shape index (κ3) is 1.89. The van der Waals surface area contributed by atoms with Crippen LogP contribution in [0.25, 0.3) is 0 Å². The van der Waals surface area contributed by atoms with E-state index in [1.54, 1.807) is 18.6 Å². The molecule has 2 aromatic rings. The Hall–Kier alpha value is -1.68. The number of hydrogen-bond donors (Lipinski definition) is 1. The minimum atomic E-state index is -0.767. The summed E-state index contributed by atoms with van der Waals surface area (Å²) in [6.45, 7) is 3.67. The molecule has 1 atom stereocenters. The fraction of sp³-hybridized carbons (Fsp3) is 0.273. The Morgan fingerprint density at radius 1 is 1.33 bits per heavy atom. The standard InChI is InChI=1S/C11H12N2O2/c1-7-5-9(8(2)15-7)11(14)10-6-12-3-4-13-10/h3-6,11,14H,1-2H3. The molecule has 2 heterocycles. The zero-order chi connectivity index (χ0) is 10.8. The molecular weight excluding hydrogens is 192 g/mol. The summed E-state index contributed by atoms with van der Waals surface area (Å²) in [6.07, 6.45) is 3.91. The summed E-state index contributed by atoms with van der Waals surface area (Å²) in [6, 6.07) is 1.81. The molecule has 0 spiro atoms. The van der Waals surface area contributed by atoms with Crippen LogP contribution in [-0.4, -0.2) is 15.1 Å². The first-order chi connectivity index (χ1) is 7.18. The van der Waals surface area contributed by atoms with Gasteiger partial charge in [0.05, 0.1) is 11.9 Å². The monoisotopic (exact) mass is 204 g/mol. The zero-order valence-corrected chi connectivity index (χ0v) is 8.64. The maximum absolute atomic E-state index is 10.0. The number of furan rings is 1. The van der Waals surface area contributed by atoms with Crippen LogP contribution in [0.5, 0.6) is 0 Å². The predicted octanol–water partition coefficient (Wildman–Crippen LogP) is 1.77. The van der Waals surface area contributed by atoms with Gasteiger partial charge < -0.3 is 9.52 Å². The molecule has 0 aliphatic rings. The third-order valence-corrected chi connectivity index (χ3v) is 2.24. The first-order valence-corrected chi connectivity index (χ1v) is 4.69. The smallest absolute Gasteiger partial charge is 0.126 e. The molecule has 1 unspecified atom stereocenters. The summed E-state index contributed by atoms with van der Waals surface area (Å²) >= 11 is 0. The second-order valence-corrected chi connectivity index (χ2v) is 3.40. The van der Waals surface area contributed by atoms with Crippen molar-refractivity contribution < 1.29 is 9.52 Å². The zero-order valence-electron chi connectivity index (χ0n) is 8.64. The minimum Gasteiger partial charge on any atom is -0.466 e. The number of hydrogen-bond acceptors (Lipinski definition) is 4. The van der Waals surface area contributed by atoms with Gasteiger partial charge in [-0.1, -0.05) is 0 Å².